The number of amides is 2. The van der Waals surface area contributed by atoms with Crippen LogP contribution in [0.2, 0.25) is 0 Å². The summed E-state index contributed by atoms with van der Waals surface area (Å²) in [5, 5.41) is 3.35. The van der Waals surface area contributed by atoms with Crippen LogP contribution in [0.4, 0.5) is 24.5 Å². The number of carbonyl (C=O) groups excluding carboxylic acids is 2. The molecule has 1 N–H and O–H groups in total. The van der Waals surface area contributed by atoms with Crippen LogP contribution in [0.1, 0.15) is 41.7 Å². The molecule has 0 spiro atoms. The number of alkyl halides is 3. The third-order valence-electron chi connectivity index (χ3n) is 7.12. The predicted octanol–water partition coefficient (Wildman–Crippen LogP) is 4.43. The molecular weight excluding hydrogens is 549 g/mol. The Morgan fingerprint density at radius 2 is 1.90 bits per heavy atom. The lowest BCUT2D eigenvalue weighted by Crippen LogP contribution is -2.50. The molecule has 5 rings (SSSR count). The van der Waals surface area contributed by atoms with Gasteiger partial charge in [0.1, 0.15) is 11.7 Å². The summed E-state index contributed by atoms with van der Waals surface area (Å²) >= 11 is 0. The van der Waals surface area contributed by atoms with Gasteiger partial charge in [0.25, 0.3) is 15.9 Å². The van der Waals surface area contributed by atoms with Gasteiger partial charge >= 0.3 is 6.18 Å². The molecule has 13 heteroatoms. The molecule has 1 unspecified atom stereocenters. The molecule has 212 valence electrons. The van der Waals surface area contributed by atoms with Gasteiger partial charge in [-0.1, -0.05) is 24.6 Å². The Kier molecular flexibility index (Phi) is 7.55. The first-order valence-corrected chi connectivity index (χ1v) is 14.2. The van der Waals surface area contributed by atoms with Gasteiger partial charge < -0.3 is 15.0 Å². The number of rotatable bonds is 8. The lowest BCUT2D eigenvalue weighted by atomic mass is 10.0. The summed E-state index contributed by atoms with van der Waals surface area (Å²) in [5.41, 5.74) is 0.281. The maximum absolute atomic E-state index is 13.5. The smallest absolute Gasteiger partial charge is 0.385 e. The second-order valence-corrected chi connectivity index (χ2v) is 11.5. The average Bonchev–Trinajstić information content (AvgIpc) is 3.21. The van der Waals surface area contributed by atoms with E-state index in [1.165, 1.54) is 0 Å². The van der Waals surface area contributed by atoms with Gasteiger partial charge in [0.15, 0.2) is 5.03 Å². The zero-order valence-corrected chi connectivity index (χ0v) is 22.4. The minimum absolute atomic E-state index is 0.0346. The summed E-state index contributed by atoms with van der Waals surface area (Å²) in [7, 11) is -2.91. The molecule has 2 aliphatic heterocycles. The first-order chi connectivity index (χ1) is 19.0. The van der Waals surface area contributed by atoms with Crippen molar-refractivity contribution < 1.29 is 35.9 Å². The van der Waals surface area contributed by atoms with Gasteiger partial charge in [0.05, 0.1) is 5.69 Å². The number of aromatic nitrogens is 1. The molecule has 0 saturated carbocycles. The third-order valence-corrected chi connectivity index (χ3v) is 8.93. The first kappa shape index (κ1) is 28.0. The van der Waals surface area contributed by atoms with Crippen molar-refractivity contribution in [3.8, 4) is 0 Å². The number of carbonyl (C=O) groups is 2. The van der Waals surface area contributed by atoms with E-state index >= 15 is 0 Å². The number of pyridine rings is 1. The molecule has 0 bridgehead atoms. The molecule has 9 nitrogen and oxygen atoms in total. The van der Waals surface area contributed by atoms with Crippen LogP contribution in [-0.2, 0) is 25.7 Å². The number of hydrogen-bond donors (Lipinski definition) is 1. The predicted molar refractivity (Wildman–Crippen MR) is 142 cm³/mol. The van der Waals surface area contributed by atoms with Crippen molar-refractivity contribution in [2.45, 2.75) is 42.9 Å². The van der Waals surface area contributed by atoms with E-state index in [0.29, 0.717) is 66.2 Å². The monoisotopic (exact) mass is 576 g/mol. The Labute approximate surface area is 229 Å². The van der Waals surface area contributed by atoms with Crippen molar-refractivity contribution in [2.75, 3.05) is 37.0 Å². The molecule has 40 heavy (non-hydrogen) atoms. The van der Waals surface area contributed by atoms with Gasteiger partial charge in [0, 0.05) is 48.8 Å². The van der Waals surface area contributed by atoms with Gasteiger partial charge in [-0.15, -0.1) is 0 Å². The maximum atomic E-state index is 13.5. The van der Waals surface area contributed by atoms with Crippen LogP contribution in [-0.4, -0.2) is 62.4 Å². The van der Waals surface area contributed by atoms with E-state index in [1.54, 1.807) is 42.3 Å². The van der Waals surface area contributed by atoms with E-state index in [4.69, 9.17) is 4.74 Å². The van der Waals surface area contributed by atoms with E-state index in [2.05, 4.69) is 10.3 Å². The topological polar surface area (TPSA) is 109 Å². The molecule has 0 radical (unpaired) electrons. The number of nitrogens with one attached hydrogen (secondary N) is 1. The van der Waals surface area contributed by atoms with E-state index in [9.17, 15) is 31.2 Å². The van der Waals surface area contributed by atoms with Gasteiger partial charge in [-0.3, -0.25) is 9.59 Å². The van der Waals surface area contributed by atoms with Crippen molar-refractivity contribution >= 4 is 44.0 Å². The Morgan fingerprint density at radius 3 is 2.65 bits per heavy atom. The SMILES string of the molecule is COCCCN1C(=O)c2cccc3c(NC(=O)C4CCCCN4S(=O)(=O)c4cccc(C(F)(F)F)n4)ccc1c23. The van der Waals surface area contributed by atoms with Crippen molar-refractivity contribution in [3.05, 3.63) is 59.8 Å². The highest BCUT2D eigenvalue weighted by Gasteiger charge is 2.40. The lowest BCUT2D eigenvalue weighted by molar-refractivity contribution is -0.141. The average molecular weight is 577 g/mol. The van der Waals surface area contributed by atoms with Gasteiger partial charge in [-0.2, -0.15) is 17.5 Å². The summed E-state index contributed by atoms with van der Waals surface area (Å²) < 4.78 is 72.4. The highest BCUT2D eigenvalue weighted by Crippen LogP contribution is 2.41. The van der Waals surface area contributed by atoms with Crippen LogP contribution in [0, 0.1) is 0 Å². The number of ether oxygens (including phenoxy) is 1. The van der Waals surface area contributed by atoms with E-state index in [-0.39, 0.29) is 18.9 Å². The van der Waals surface area contributed by atoms with Crippen molar-refractivity contribution in [3.63, 3.8) is 0 Å². The minimum atomic E-state index is -4.82. The van der Waals surface area contributed by atoms with Crippen molar-refractivity contribution in [1.29, 1.82) is 0 Å². The molecule has 3 heterocycles. The zero-order chi connectivity index (χ0) is 28.7. The summed E-state index contributed by atoms with van der Waals surface area (Å²) in [6.07, 6.45) is -2.97. The van der Waals surface area contributed by atoms with Crippen LogP contribution in [0.3, 0.4) is 0 Å². The molecule has 2 aromatic carbocycles. The summed E-state index contributed by atoms with van der Waals surface area (Å²) in [6, 6.07) is 10.1. The number of benzene rings is 2. The third kappa shape index (κ3) is 5.04. The second kappa shape index (κ2) is 10.8. The Balaban J connectivity index is 1.44. The molecule has 3 aromatic rings. The van der Waals surface area contributed by atoms with Crippen molar-refractivity contribution in [1.82, 2.24) is 9.29 Å². The lowest BCUT2D eigenvalue weighted by Gasteiger charge is -2.33. The number of nitrogens with zero attached hydrogens (tertiary/aromatic N) is 3. The van der Waals surface area contributed by atoms with Gasteiger partial charge in [-0.05, 0) is 49.6 Å². The van der Waals surface area contributed by atoms with Crippen LogP contribution >= 0.6 is 0 Å². The van der Waals surface area contributed by atoms with Crippen LogP contribution < -0.4 is 10.2 Å². The largest absolute Gasteiger partial charge is 0.433 e. The Bertz CT molecular complexity index is 1580. The maximum Gasteiger partial charge on any atom is 0.433 e. The van der Waals surface area contributed by atoms with E-state index in [0.717, 1.165) is 16.4 Å². The second-order valence-electron chi connectivity index (χ2n) is 9.64. The highest BCUT2D eigenvalue weighted by atomic mass is 32.2. The molecule has 0 aliphatic carbocycles. The van der Waals surface area contributed by atoms with E-state index < -0.39 is 38.9 Å². The minimum Gasteiger partial charge on any atom is -0.385 e. The van der Waals surface area contributed by atoms with E-state index in [1.807, 2.05) is 0 Å². The normalized spacial score (nSPS) is 17.9. The Hall–Kier alpha value is -3.55. The number of methoxy groups -OCH3 is 1. The quantitative estimate of drug-likeness (QED) is 0.398. The molecule has 2 aliphatic rings. The molecule has 2 amide bonds. The highest BCUT2D eigenvalue weighted by molar-refractivity contribution is 7.89. The number of hydrogen-bond acceptors (Lipinski definition) is 6. The first-order valence-electron chi connectivity index (χ1n) is 12.8. The molecule has 1 atom stereocenters. The molecular formula is C27H27F3N4O5S. The molecule has 1 saturated heterocycles. The van der Waals surface area contributed by atoms with Gasteiger partial charge in [0.2, 0.25) is 5.91 Å². The fraction of sp³-hybridized carbons (Fsp3) is 0.370. The van der Waals surface area contributed by atoms with Crippen molar-refractivity contribution in [2.24, 2.45) is 0 Å². The fourth-order valence-electron chi connectivity index (χ4n) is 5.25. The molecule has 1 fully saturated rings. The summed E-state index contributed by atoms with van der Waals surface area (Å²) in [4.78, 5) is 31.6. The fourth-order valence-corrected chi connectivity index (χ4v) is 6.86. The number of halogens is 3. The zero-order valence-electron chi connectivity index (χ0n) is 21.6. The summed E-state index contributed by atoms with van der Waals surface area (Å²) in [5.74, 6) is -0.768. The number of piperidine rings is 1. The van der Waals surface area contributed by atoms with Crippen LogP contribution in [0.5, 0.6) is 0 Å². The number of anilines is 2. The van der Waals surface area contributed by atoms with Gasteiger partial charge in [-0.25, -0.2) is 13.4 Å². The molecule has 1 aromatic heterocycles. The number of sulfonamides is 1. The van der Waals surface area contributed by atoms with Crippen LogP contribution in [0.15, 0.2) is 53.6 Å². The standard InChI is InChI=1S/C27H27F3N4O5S/c1-39-16-6-14-33-20-13-12-19(17-7-4-8-18(24(17)20)26(33)36)31-25(35)21-9-2-3-15-34(21)40(37,38)23-11-5-10-22(32-23)27(28,29)30/h4-5,7-8,10-13,21H,2-3,6,9,14-16H2,1H3,(H,31,35). The van der Waals surface area contributed by atoms with Crippen LogP contribution in [0.25, 0.3) is 10.8 Å². The summed E-state index contributed by atoms with van der Waals surface area (Å²) in [6.45, 7) is 0.919. The Morgan fingerprint density at radius 1 is 1.12 bits per heavy atom.